The zero-order chi connectivity index (χ0) is 17.7. The average molecular weight is 361 g/mol. The number of rotatable bonds is 4. The number of aromatic nitrogens is 2. The Morgan fingerprint density at radius 2 is 1.76 bits per heavy atom. The topological polar surface area (TPSA) is 89.0 Å². The molecule has 0 aliphatic heterocycles. The van der Waals surface area contributed by atoms with Crippen LogP contribution in [0, 0.1) is 23.2 Å². The van der Waals surface area contributed by atoms with Gasteiger partial charge in [0.05, 0.1) is 6.20 Å². The van der Waals surface area contributed by atoms with Crippen LogP contribution in [-0.2, 0) is 14.8 Å². The number of carbonyl (C=O) groups excluding carboxylic acids is 1. The third-order valence-electron chi connectivity index (χ3n) is 6.27. The van der Waals surface area contributed by atoms with Gasteiger partial charge in [-0.3, -0.25) is 9.78 Å². The van der Waals surface area contributed by atoms with E-state index >= 15 is 0 Å². The van der Waals surface area contributed by atoms with Crippen molar-refractivity contribution in [1.82, 2.24) is 14.7 Å². The van der Waals surface area contributed by atoms with Crippen LogP contribution in [0.3, 0.4) is 0 Å². The minimum absolute atomic E-state index is 0.0996. The van der Waals surface area contributed by atoms with Gasteiger partial charge >= 0.3 is 0 Å². The third-order valence-corrected chi connectivity index (χ3v) is 7.50. The summed E-state index contributed by atoms with van der Waals surface area (Å²) in [6, 6.07) is 0. The molecule has 4 fully saturated rings. The Balaban J connectivity index is 1.52. The van der Waals surface area contributed by atoms with Crippen molar-refractivity contribution in [3.63, 3.8) is 0 Å². The van der Waals surface area contributed by atoms with E-state index in [0.29, 0.717) is 0 Å². The minimum atomic E-state index is -3.98. The lowest BCUT2D eigenvalue weighted by atomic mass is 9.48. The summed E-state index contributed by atoms with van der Waals surface area (Å²) in [5.74, 6) is 1.74. The van der Waals surface area contributed by atoms with Gasteiger partial charge in [0.25, 0.3) is 15.9 Å². The summed E-state index contributed by atoms with van der Waals surface area (Å²) in [6.07, 6.45) is 12.7. The Bertz CT molecular complexity index is 782. The highest BCUT2D eigenvalue weighted by molar-refractivity contribution is 7.90. The van der Waals surface area contributed by atoms with Crippen molar-refractivity contribution in [2.45, 2.75) is 50.5 Å². The molecule has 4 aliphatic carbocycles. The molecule has 0 aromatic carbocycles. The van der Waals surface area contributed by atoms with Crippen molar-refractivity contribution in [1.29, 1.82) is 0 Å². The molecule has 1 heterocycles. The highest BCUT2D eigenvalue weighted by Crippen LogP contribution is 2.62. The van der Waals surface area contributed by atoms with Crippen molar-refractivity contribution >= 4 is 15.9 Å². The average Bonchev–Trinajstić information content (AvgIpc) is 2.53. The second-order valence-corrected chi connectivity index (χ2v) is 9.67. The molecule has 4 bridgehead atoms. The number of hydrogen-bond donors (Lipinski definition) is 1. The SMILES string of the molecule is C/C(=C\C(=O)NS(=O)(=O)c1cnccn1)C12CC3CC(CC(C3)C1)C2. The summed E-state index contributed by atoms with van der Waals surface area (Å²) in [4.78, 5) is 19.8. The van der Waals surface area contributed by atoms with E-state index in [4.69, 9.17) is 0 Å². The van der Waals surface area contributed by atoms with Crippen LogP contribution in [-0.4, -0.2) is 24.3 Å². The van der Waals surface area contributed by atoms with E-state index in [1.54, 1.807) is 0 Å². The van der Waals surface area contributed by atoms with E-state index < -0.39 is 15.9 Å². The van der Waals surface area contributed by atoms with Crippen LogP contribution >= 0.6 is 0 Å². The van der Waals surface area contributed by atoms with Crippen LogP contribution in [0.4, 0.5) is 0 Å². The van der Waals surface area contributed by atoms with Gasteiger partial charge in [-0.05, 0) is 68.6 Å². The zero-order valence-corrected chi connectivity index (χ0v) is 15.1. The minimum Gasteiger partial charge on any atom is -0.269 e. The fraction of sp³-hybridized carbons (Fsp3) is 0.611. The van der Waals surface area contributed by atoms with Crippen LogP contribution in [0.25, 0.3) is 0 Å². The van der Waals surface area contributed by atoms with Crippen molar-refractivity contribution in [2.75, 3.05) is 0 Å². The van der Waals surface area contributed by atoms with Gasteiger partial charge in [0.15, 0.2) is 5.03 Å². The molecule has 0 radical (unpaired) electrons. The first-order valence-corrected chi connectivity index (χ1v) is 10.4. The summed E-state index contributed by atoms with van der Waals surface area (Å²) in [5.41, 5.74) is 1.13. The Hall–Kier alpha value is -1.76. The van der Waals surface area contributed by atoms with E-state index in [1.165, 1.54) is 37.7 Å². The number of carbonyl (C=O) groups is 1. The quantitative estimate of drug-likeness (QED) is 0.832. The monoisotopic (exact) mass is 361 g/mol. The van der Waals surface area contributed by atoms with E-state index in [-0.39, 0.29) is 10.4 Å². The number of sulfonamides is 1. The second-order valence-electron chi connectivity index (χ2n) is 8.04. The molecule has 4 aliphatic rings. The first-order valence-electron chi connectivity index (χ1n) is 8.88. The van der Waals surface area contributed by atoms with E-state index in [1.807, 2.05) is 6.92 Å². The van der Waals surface area contributed by atoms with Crippen LogP contribution in [0.15, 0.2) is 35.3 Å². The predicted molar refractivity (Wildman–Crippen MR) is 91.7 cm³/mol. The third kappa shape index (κ3) is 3.10. The molecule has 4 saturated carbocycles. The molecule has 134 valence electrons. The highest BCUT2D eigenvalue weighted by atomic mass is 32.2. The summed E-state index contributed by atoms with van der Waals surface area (Å²) >= 11 is 0. The number of hydrogen-bond acceptors (Lipinski definition) is 5. The first kappa shape index (κ1) is 16.7. The van der Waals surface area contributed by atoms with Gasteiger partial charge in [0.2, 0.25) is 0 Å². The molecule has 1 aromatic rings. The molecule has 7 heteroatoms. The largest absolute Gasteiger partial charge is 0.283 e. The Kier molecular flexibility index (Phi) is 3.94. The predicted octanol–water partition coefficient (Wildman–Crippen LogP) is 2.44. The van der Waals surface area contributed by atoms with Gasteiger partial charge in [0, 0.05) is 18.5 Å². The van der Waals surface area contributed by atoms with Crippen LogP contribution < -0.4 is 4.72 Å². The molecular weight excluding hydrogens is 338 g/mol. The lowest BCUT2D eigenvalue weighted by Crippen LogP contribution is -2.46. The molecule has 25 heavy (non-hydrogen) atoms. The standard InChI is InChI=1S/C18H23N3O3S/c1-12(18-8-13-5-14(9-18)7-15(6-13)10-18)4-16(22)21-25(23,24)17-11-19-2-3-20-17/h2-4,11,13-15H,5-10H2,1H3,(H,21,22)/b12-4+. The molecule has 6 nitrogen and oxygen atoms in total. The molecule has 1 N–H and O–H groups in total. The lowest BCUT2D eigenvalue weighted by molar-refractivity contribution is -0.115. The molecule has 1 amide bonds. The molecule has 1 aromatic heterocycles. The molecular formula is C18H23N3O3S. The van der Waals surface area contributed by atoms with Gasteiger partial charge in [-0.25, -0.2) is 9.71 Å². The summed E-state index contributed by atoms with van der Waals surface area (Å²) in [6.45, 7) is 1.99. The Labute approximate surface area is 148 Å². The fourth-order valence-corrected chi connectivity index (χ4v) is 6.41. The van der Waals surface area contributed by atoms with Crippen molar-refractivity contribution in [2.24, 2.45) is 23.2 Å². The maximum Gasteiger partial charge on any atom is 0.283 e. The number of nitrogens with one attached hydrogen (secondary N) is 1. The number of allylic oxidation sites excluding steroid dienone is 1. The smallest absolute Gasteiger partial charge is 0.269 e. The van der Waals surface area contributed by atoms with Crippen LogP contribution in [0.2, 0.25) is 0 Å². The molecule has 0 spiro atoms. The zero-order valence-electron chi connectivity index (χ0n) is 14.3. The van der Waals surface area contributed by atoms with Gasteiger partial charge < -0.3 is 0 Å². The summed E-state index contributed by atoms with van der Waals surface area (Å²) in [5, 5.41) is -0.246. The molecule has 0 saturated heterocycles. The second kappa shape index (κ2) is 5.90. The molecule has 0 atom stereocenters. The highest BCUT2D eigenvalue weighted by Gasteiger charge is 2.51. The van der Waals surface area contributed by atoms with Gasteiger partial charge in [-0.2, -0.15) is 8.42 Å². The van der Waals surface area contributed by atoms with Crippen molar-refractivity contribution in [3.8, 4) is 0 Å². The van der Waals surface area contributed by atoms with Gasteiger partial charge in [-0.15, -0.1) is 0 Å². The Morgan fingerprint density at radius 3 is 2.28 bits per heavy atom. The number of nitrogens with zero attached hydrogens (tertiary/aromatic N) is 2. The van der Waals surface area contributed by atoms with Crippen LogP contribution in [0.5, 0.6) is 0 Å². The number of amides is 1. The maximum atomic E-state index is 12.3. The van der Waals surface area contributed by atoms with Crippen molar-refractivity contribution in [3.05, 3.63) is 30.2 Å². The fourth-order valence-electron chi connectivity index (χ4n) is 5.58. The van der Waals surface area contributed by atoms with E-state index in [2.05, 4.69) is 14.7 Å². The summed E-state index contributed by atoms with van der Waals surface area (Å²) in [7, 11) is -3.98. The van der Waals surface area contributed by atoms with E-state index in [9.17, 15) is 13.2 Å². The maximum absolute atomic E-state index is 12.3. The van der Waals surface area contributed by atoms with E-state index in [0.717, 1.165) is 48.8 Å². The lowest BCUT2D eigenvalue weighted by Gasteiger charge is -2.57. The Morgan fingerprint density at radius 1 is 1.16 bits per heavy atom. The van der Waals surface area contributed by atoms with Gasteiger partial charge in [-0.1, -0.05) is 5.57 Å². The first-order chi connectivity index (χ1) is 11.9. The van der Waals surface area contributed by atoms with Gasteiger partial charge in [0.1, 0.15) is 0 Å². The summed E-state index contributed by atoms with van der Waals surface area (Å²) < 4.78 is 26.5. The molecule has 5 rings (SSSR count). The molecule has 0 unspecified atom stereocenters. The van der Waals surface area contributed by atoms with Crippen molar-refractivity contribution < 1.29 is 13.2 Å². The van der Waals surface area contributed by atoms with Crippen LogP contribution in [0.1, 0.15) is 45.4 Å². The normalized spacial score (nSPS) is 34.1.